The molecule has 3 N–H and O–H groups in total. The molecule has 1 aliphatic rings. The standard InChI is InChI=1S/C13H27N3O3/c1-13(2,3)19-12(18)16-7-6-15(5-4-8-17)11(9-14)10-16/h11,17H,4-10,14H2,1-3H3. The van der Waals surface area contributed by atoms with Crippen molar-refractivity contribution in [3.8, 4) is 0 Å². The normalized spacial score (nSPS) is 21.5. The van der Waals surface area contributed by atoms with Crippen LogP contribution in [0.15, 0.2) is 0 Å². The lowest BCUT2D eigenvalue weighted by atomic mass is 10.1. The molecule has 0 spiro atoms. The zero-order chi connectivity index (χ0) is 14.5. The third-order valence-electron chi connectivity index (χ3n) is 3.13. The minimum Gasteiger partial charge on any atom is -0.444 e. The summed E-state index contributed by atoms with van der Waals surface area (Å²) in [4.78, 5) is 16.0. The molecular formula is C13H27N3O3. The first kappa shape index (κ1) is 16.2. The molecule has 0 bridgehead atoms. The summed E-state index contributed by atoms with van der Waals surface area (Å²) in [5.74, 6) is 0. The van der Waals surface area contributed by atoms with Crippen LogP contribution < -0.4 is 5.73 Å². The summed E-state index contributed by atoms with van der Waals surface area (Å²) in [6.45, 7) is 9.12. The predicted octanol–water partition coefficient (Wildman–Crippen LogP) is 0.249. The highest BCUT2D eigenvalue weighted by atomic mass is 16.6. The minimum atomic E-state index is -0.469. The summed E-state index contributed by atoms with van der Waals surface area (Å²) >= 11 is 0. The number of aliphatic hydroxyl groups is 1. The lowest BCUT2D eigenvalue weighted by Gasteiger charge is -2.41. The van der Waals surface area contributed by atoms with Gasteiger partial charge in [0.25, 0.3) is 0 Å². The predicted molar refractivity (Wildman–Crippen MR) is 73.9 cm³/mol. The van der Waals surface area contributed by atoms with Crippen LogP contribution in [0.2, 0.25) is 0 Å². The summed E-state index contributed by atoms with van der Waals surface area (Å²) in [6.07, 6.45) is 0.468. The van der Waals surface area contributed by atoms with Gasteiger partial charge in [0.2, 0.25) is 0 Å². The number of hydrogen-bond acceptors (Lipinski definition) is 5. The third kappa shape index (κ3) is 5.34. The van der Waals surface area contributed by atoms with Crippen molar-refractivity contribution >= 4 is 6.09 Å². The van der Waals surface area contributed by atoms with Crippen molar-refractivity contribution in [2.75, 3.05) is 39.3 Å². The van der Waals surface area contributed by atoms with Gasteiger partial charge in [-0.3, -0.25) is 4.90 Å². The molecule has 1 heterocycles. The van der Waals surface area contributed by atoms with Crippen molar-refractivity contribution in [2.24, 2.45) is 5.73 Å². The second-order valence-corrected chi connectivity index (χ2v) is 5.93. The van der Waals surface area contributed by atoms with E-state index in [-0.39, 0.29) is 18.7 Å². The van der Waals surface area contributed by atoms with Gasteiger partial charge in [-0.05, 0) is 27.2 Å². The quantitative estimate of drug-likeness (QED) is 0.767. The van der Waals surface area contributed by atoms with Crippen LogP contribution in [0.4, 0.5) is 4.79 Å². The molecule has 0 saturated carbocycles. The van der Waals surface area contributed by atoms with E-state index in [2.05, 4.69) is 4.90 Å². The maximum atomic E-state index is 12.0. The highest BCUT2D eigenvalue weighted by Crippen LogP contribution is 2.14. The average Bonchev–Trinajstić information content (AvgIpc) is 2.34. The maximum absolute atomic E-state index is 12.0. The van der Waals surface area contributed by atoms with E-state index in [4.69, 9.17) is 15.6 Å². The van der Waals surface area contributed by atoms with E-state index < -0.39 is 5.60 Å². The number of nitrogens with zero attached hydrogens (tertiary/aromatic N) is 2. The molecular weight excluding hydrogens is 246 g/mol. The largest absolute Gasteiger partial charge is 0.444 e. The Hall–Kier alpha value is -0.850. The van der Waals surface area contributed by atoms with Crippen LogP contribution in [0, 0.1) is 0 Å². The van der Waals surface area contributed by atoms with Crippen LogP contribution in [-0.2, 0) is 4.74 Å². The Bertz CT molecular complexity index is 291. The molecule has 1 saturated heterocycles. The molecule has 1 rings (SSSR count). The number of hydrogen-bond donors (Lipinski definition) is 2. The lowest BCUT2D eigenvalue weighted by molar-refractivity contribution is 0.00405. The Balaban J connectivity index is 2.51. The molecule has 0 radical (unpaired) electrons. The molecule has 0 aromatic heterocycles. The van der Waals surface area contributed by atoms with Crippen molar-refractivity contribution in [1.29, 1.82) is 0 Å². The highest BCUT2D eigenvalue weighted by molar-refractivity contribution is 5.68. The summed E-state index contributed by atoms with van der Waals surface area (Å²) in [7, 11) is 0. The van der Waals surface area contributed by atoms with Crippen molar-refractivity contribution in [1.82, 2.24) is 9.80 Å². The fourth-order valence-corrected chi connectivity index (χ4v) is 2.18. The molecule has 6 heteroatoms. The van der Waals surface area contributed by atoms with Crippen LogP contribution in [0.3, 0.4) is 0 Å². The van der Waals surface area contributed by atoms with Crippen molar-refractivity contribution in [2.45, 2.75) is 38.8 Å². The van der Waals surface area contributed by atoms with Gasteiger partial charge in [0.15, 0.2) is 0 Å². The summed E-state index contributed by atoms with van der Waals surface area (Å²) in [6, 6.07) is 0.146. The van der Waals surface area contributed by atoms with Gasteiger partial charge in [0.1, 0.15) is 5.60 Å². The second-order valence-electron chi connectivity index (χ2n) is 5.93. The van der Waals surface area contributed by atoms with Gasteiger partial charge in [0.05, 0.1) is 0 Å². The fourth-order valence-electron chi connectivity index (χ4n) is 2.18. The van der Waals surface area contributed by atoms with Crippen LogP contribution in [0.1, 0.15) is 27.2 Å². The Labute approximate surface area is 115 Å². The van der Waals surface area contributed by atoms with E-state index in [0.29, 0.717) is 19.6 Å². The van der Waals surface area contributed by atoms with Crippen LogP contribution in [0.25, 0.3) is 0 Å². The van der Waals surface area contributed by atoms with Crippen molar-refractivity contribution in [3.63, 3.8) is 0 Å². The zero-order valence-electron chi connectivity index (χ0n) is 12.3. The Kier molecular flexibility index (Phi) is 6.03. The van der Waals surface area contributed by atoms with E-state index in [0.717, 1.165) is 19.5 Å². The van der Waals surface area contributed by atoms with Crippen molar-refractivity contribution < 1.29 is 14.6 Å². The molecule has 1 amide bonds. The first-order valence-electron chi connectivity index (χ1n) is 6.90. The zero-order valence-corrected chi connectivity index (χ0v) is 12.3. The lowest BCUT2D eigenvalue weighted by Crippen LogP contribution is -2.58. The van der Waals surface area contributed by atoms with E-state index in [1.165, 1.54) is 0 Å². The van der Waals surface area contributed by atoms with E-state index >= 15 is 0 Å². The van der Waals surface area contributed by atoms with Gasteiger partial charge in [-0.1, -0.05) is 0 Å². The number of carbonyl (C=O) groups excluding carboxylic acids is 1. The van der Waals surface area contributed by atoms with Gasteiger partial charge in [-0.15, -0.1) is 0 Å². The number of aliphatic hydroxyl groups excluding tert-OH is 1. The van der Waals surface area contributed by atoms with Gasteiger partial charge in [-0.2, -0.15) is 0 Å². The number of carbonyl (C=O) groups is 1. The van der Waals surface area contributed by atoms with E-state index in [1.54, 1.807) is 4.90 Å². The Morgan fingerprint density at radius 2 is 2.11 bits per heavy atom. The maximum Gasteiger partial charge on any atom is 0.410 e. The van der Waals surface area contributed by atoms with E-state index in [1.807, 2.05) is 20.8 Å². The second kappa shape index (κ2) is 7.07. The molecule has 19 heavy (non-hydrogen) atoms. The topological polar surface area (TPSA) is 79.0 Å². The SMILES string of the molecule is CC(C)(C)OC(=O)N1CCN(CCCO)C(CN)C1. The average molecular weight is 273 g/mol. The molecule has 1 fully saturated rings. The number of ether oxygens (including phenoxy) is 1. The summed E-state index contributed by atoms with van der Waals surface area (Å²) in [5.41, 5.74) is 5.30. The van der Waals surface area contributed by atoms with Crippen LogP contribution in [0.5, 0.6) is 0 Å². The molecule has 0 aliphatic carbocycles. The molecule has 1 unspecified atom stereocenters. The molecule has 1 atom stereocenters. The van der Waals surface area contributed by atoms with Gasteiger partial charge < -0.3 is 20.5 Å². The van der Waals surface area contributed by atoms with Gasteiger partial charge in [-0.25, -0.2) is 4.79 Å². The number of rotatable bonds is 4. The van der Waals surface area contributed by atoms with Crippen molar-refractivity contribution in [3.05, 3.63) is 0 Å². The van der Waals surface area contributed by atoms with E-state index in [9.17, 15) is 4.79 Å². The van der Waals surface area contributed by atoms with Crippen LogP contribution >= 0.6 is 0 Å². The first-order valence-corrected chi connectivity index (χ1v) is 6.90. The summed E-state index contributed by atoms with van der Waals surface area (Å²) in [5, 5.41) is 8.88. The first-order chi connectivity index (χ1) is 8.87. The molecule has 0 aromatic rings. The summed E-state index contributed by atoms with van der Waals surface area (Å²) < 4.78 is 5.37. The smallest absolute Gasteiger partial charge is 0.410 e. The van der Waals surface area contributed by atoms with Gasteiger partial charge in [0, 0.05) is 45.4 Å². The highest BCUT2D eigenvalue weighted by Gasteiger charge is 2.30. The minimum absolute atomic E-state index is 0.146. The monoisotopic (exact) mass is 273 g/mol. The van der Waals surface area contributed by atoms with Crippen LogP contribution in [-0.4, -0.2) is 72.0 Å². The Morgan fingerprint density at radius 3 is 2.63 bits per heavy atom. The number of piperazine rings is 1. The number of amides is 1. The molecule has 0 aromatic carbocycles. The number of nitrogens with two attached hydrogens (primary N) is 1. The molecule has 112 valence electrons. The van der Waals surface area contributed by atoms with Gasteiger partial charge >= 0.3 is 6.09 Å². The Morgan fingerprint density at radius 1 is 1.42 bits per heavy atom. The fraction of sp³-hybridized carbons (Fsp3) is 0.923. The third-order valence-corrected chi connectivity index (χ3v) is 3.13. The molecule has 1 aliphatic heterocycles. The molecule has 6 nitrogen and oxygen atoms in total.